The minimum atomic E-state index is -3.63. The van der Waals surface area contributed by atoms with Gasteiger partial charge in [0.1, 0.15) is 5.75 Å². The predicted molar refractivity (Wildman–Crippen MR) is 103 cm³/mol. The summed E-state index contributed by atoms with van der Waals surface area (Å²) in [6.07, 6.45) is 3.80. The number of methoxy groups -OCH3 is 1. The number of ether oxygens (including phenoxy) is 1. The highest BCUT2D eigenvalue weighted by Gasteiger charge is 2.23. The second-order valence-corrected chi connectivity index (χ2v) is 8.34. The van der Waals surface area contributed by atoms with Gasteiger partial charge in [-0.15, -0.1) is 0 Å². The van der Waals surface area contributed by atoms with Crippen LogP contribution >= 0.6 is 0 Å². The summed E-state index contributed by atoms with van der Waals surface area (Å²) in [6, 6.07) is 13.5. The van der Waals surface area contributed by atoms with Gasteiger partial charge in [0.15, 0.2) is 0 Å². The number of nitrogens with one attached hydrogen (secondary N) is 2. The average Bonchev–Trinajstić information content (AvgIpc) is 3.18. The molecule has 0 aliphatic heterocycles. The summed E-state index contributed by atoms with van der Waals surface area (Å²) in [5, 5.41) is 2.81. The molecule has 6 nitrogen and oxygen atoms in total. The highest BCUT2D eigenvalue weighted by atomic mass is 32.2. The van der Waals surface area contributed by atoms with Gasteiger partial charge in [-0.05, 0) is 37.1 Å². The number of rotatable bonds is 7. The Labute approximate surface area is 160 Å². The first kappa shape index (κ1) is 19.4. The van der Waals surface area contributed by atoms with Gasteiger partial charge in [0.2, 0.25) is 10.0 Å². The Balaban J connectivity index is 1.69. The van der Waals surface area contributed by atoms with Crippen LogP contribution in [0, 0.1) is 0 Å². The monoisotopic (exact) mass is 388 g/mol. The number of hydrogen-bond donors (Lipinski definition) is 2. The van der Waals surface area contributed by atoms with E-state index in [1.54, 1.807) is 19.2 Å². The fourth-order valence-electron chi connectivity index (χ4n) is 3.26. The van der Waals surface area contributed by atoms with Gasteiger partial charge in [-0.3, -0.25) is 4.79 Å². The van der Waals surface area contributed by atoms with Crippen LogP contribution in [0.1, 0.15) is 41.6 Å². The second kappa shape index (κ2) is 8.54. The lowest BCUT2D eigenvalue weighted by Crippen LogP contribution is -2.32. The molecule has 1 aliphatic carbocycles. The Hall–Kier alpha value is -2.38. The van der Waals surface area contributed by atoms with E-state index in [0.29, 0.717) is 17.9 Å². The first-order valence-corrected chi connectivity index (χ1v) is 10.5. The molecule has 0 saturated heterocycles. The molecular formula is C20H24N2O4S. The van der Waals surface area contributed by atoms with E-state index in [4.69, 9.17) is 4.74 Å². The van der Waals surface area contributed by atoms with Crippen LogP contribution in [0.3, 0.4) is 0 Å². The smallest absolute Gasteiger partial charge is 0.251 e. The van der Waals surface area contributed by atoms with Gasteiger partial charge in [-0.2, -0.15) is 0 Å². The highest BCUT2D eigenvalue weighted by Crippen LogP contribution is 2.21. The molecule has 1 saturated carbocycles. The quantitative estimate of drug-likeness (QED) is 0.764. The number of hydrogen-bond acceptors (Lipinski definition) is 4. The van der Waals surface area contributed by atoms with Crippen LogP contribution in [0.15, 0.2) is 53.4 Å². The molecule has 3 rings (SSSR count). The van der Waals surface area contributed by atoms with Crippen molar-refractivity contribution >= 4 is 15.9 Å². The number of sulfonamides is 1. The van der Waals surface area contributed by atoms with Crippen molar-refractivity contribution in [2.45, 2.75) is 43.2 Å². The van der Waals surface area contributed by atoms with Gasteiger partial charge in [-0.25, -0.2) is 13.1 Å². The van der Waals surface area contributed by atoms with Crippen molar-refractivity contribution in [2.75, 3.05) is 7.11 Å². The van der Waals surface area contributed by atoms with E-state index in [9.17, 15) is 13.2 Å². The standard InChI is InChI=1S/C20H24N2O4S/c1-26-19-12-5-2-7-16(19)14-21-20(23)15-8-6-11-18(13-15)27(24,25)22-17-9-3-4-10-17/h2,5-8,11-13,17,22H,3-4,9-10,14H2,1H3,(H,21,23). The number of amides is 1. The molecule has 7 heteroatoms. The molecule has 0 radical (unpaired) electrons. The van der Waals surface area contributed by atoms with Crippen molar-refractivity contribution < 1.29 is 17.9 Å². The van der Waals surface area contributed by atoms with Crippen molar-refractivity contribution in [1.29, 1.82) is 0 Å². The van der Waals surface area contributed by atoms with Gasteiger partial charge in [-0.1, -0.05) is 37.1 Å². The Morgan fingerprint density at radius 3 is 2.59 bits per heavy atom. The number of carbonyl (C=O) groups excluding carboxylic acids is 1. The highest BCUT2D eigenvalue weighted by molar-refractivity contribution is 7.89. The maximum atomic E-state index is 12.6. The number of carbonyl (C=O) groups is 1. The lowest BCUT2D eigenvalue weighted by Gasteiger charge is -2.13. The second-order valence-electron chi connectivity index (χ2n) is 6.63. The Morgan fingerprint density at radius 1 is 1.11 bits per heavy atom. The fourth-order valence-corrected chi connectivity index (χ4v) is 4.61. The first-order chi connectivity index (χ1) is 13.0. The van der Waals surface area contributed by atoms with Crippen molar-refractivity contribution in [3.8, 4) is 5.75 Å². The summed E-state index contributed by atoms with van der Waals surface area (Å²) < 4.78 is 33.1. The number of para-hydroxylation sites is 1. The molecule has 1 fully saturated rings. The minimum absolute atomic E-state index is 0.0157. The minimum Gasteiger partial charge on any atom is -0.496 e. The van der Waals surface area contributed by atoms with Crippen molar-refractivity contribution in [3.63, 3.8) is 0 Å². The summed E-state index contributed by atoms with van der Waals surface area (Å²) in [7, 11) is -2.05. The van der Waals surface area contributed by atoms with Crippen molar-refractivity contribution in [3.05, 3.63) is 59.7 Å². The predicted octanol–water partition coefficient (Wildman–Crippen LogP) is 2.85. The van der Waals surface area contributed by atoms with Gasteiger partial charge < -0.3 is 10.1 Å². The van der Waals surface area contributed by atoms with E-state index in [1.807, 2.05) is 24.3 Å². The molecule has 27 heavy (non-hydrogen) atoms. The third kappa shape index (κ3) is 4.87. The van der Waals surface area contributed by atoms with Crippen LogP contribution in [0.5, 0.6) is 5.75 Å². The van der Waals surface area contributed by atoms with Crippen LogP contribution < -0.4 is 14.8 Å². The Bertz CT molecular complexity index is 906. The van der Waals surface area contributed by atoms with E-state index in [-0.39, 0.29) is 16.8 Å². The molecule has 1 aliphatic rings. The molecule has 1 amide bonds. The van der Waals surface area contributed by atoms with Gasteiger partial charge >= 0.3 is 0 Å². The SMILES string of the molecule is COc1ccccc1CNC(=O)c1cccc(S(=O)(=O)NC2CCCC2)c1. The zero-order valence-corrected chi connectivity index (χ0v) is 16.1. The number of benzene rings is 2. The topological polar surface area (TPSA) is 84.5 Å². The summed E-state index contributed by atoms with van der Waals surface area (Å²) in [6.45, 7) is 0.292. The Kier molecular flexibility index (Phi) is 6.13. The van der Waals surface area contributed by atoms with Crippen molar-refractivity contribution in [2.24, 2.45) is 0 Å². The zero-order chi connectivity index (χ0) is 19.3. The summed E-state index contributed by atoms with van der Waals surface area (Å²) in [5.74, 6) is 0.355. The largest absolute Gasteiger partial charge is 0.496 e. The fraction of sp³-hybridized carbons (Fsp3) is 0.350. The zero-order valence-electron chi connectivity index (χ0n) is 15.3. The van der Waals surface area contributed by atoms with Crippen molar-refractivity contribution in [1.82, 2.24) is 10.0 Å². The molecule has 2 N–H and O–H groups in total. The van der Waals surface area contributed by atoms with Gasteiger partial charge in [0, 0.05) is 23.7 Å². The van der Waals surface area contributed by atoms with E-state index >= 15 is 0 Å². The van der Waals surface area contributed by atoms with E-state index in [2.05, 4.69) is 10.0 Å². The maximum Gasteiger partial charge on any atom is 0.251 e. The third-order valence-corrected chi connectivity index (χ3v) is 6.23. The molecule has 0 aromatic heterocycles. The van der Waals surface area contributed by atoms with Crippen LogP contribution in [0.2, 0.25) is 0 Å². The summed E-state index contributed by atoms with van der Waals surface area (Å²) >= 11 is 0. The lowest BCUT2D eigenvalue weighted by molar-refractivity contribution is 0.0950. The molecule has 0 spiro atoms. The first-order valence-electron chi connectivity index (χ1n) is 9.02. The van der Waals surface area contributed by atoms with E-state index < -0.39 is 10.0 Å². The molecule has 0 unspecified atom stereocenters. The molecular weight excluding hydrogens is 364 g/mol. The molecule has 144 valence electrons. The van der Waals surface area contributed by atoms with Crippen LogP contribution in [-0.2, 0) is 16.6 Å². The van der Waals surface area contributed by atoms with Crippen LogP contribution in [0.4, 0.5) is 0 Å². The summed E-state index contributed by atoms with van der Waals surface area (Å²) in [5.41, 5.74) is 1.15. The molecule has 0 atom stereocenters. The van der Waals surface area contributed by atoms with Gasteiger partial charge in [0.05, 0.1) is 12.0 Å². The van der Waals surface area contributed by atoms with Crippen LogP contribution in [-0.4, -0.2) is 27.5 Å². The third-order valence-electron chi connectivity index (χ3n) is 4.72. The summed E-state index contributed by atoms with van der Waals surface area (Å²) in [4.78, 5) is 12.6. The molecule has 2 aromatic carbocycles. The molecule has 0 bridgehead atoms. The molecule has 0 heterocycles. The van der Waals surface area contributed by atoms with E-state index in [0.717, 1.165) is 31.2 Å². The average molecular weight is 388 g/mol. The van der Waals surface area contributed by atoms with Gasteiger partial charge in [0.25, 0.3) is 5.91 Å². The lowest BCUT2D eigenvalue weighted by atomic mass is 10.2. The molecule has 2 aromatic rings. The Morgan fingerprint density at radius 2 is 1.85 bits per heavy atom. The maximum absolute atomic E-state index is 12.6. The normalized spacial score (nSPS) is 14.9. The van der Waals surface area contributed by atoms with Crippen LogP contribution in [0.25, 0.3) is 0 Å². The van der Waals surface area contributed by atoms with E-state index in [1.165, 1.54) is 12.1 Å².